The van der Waals surface area contributed by atoms with Crippen LogP contribution in [-0.4, -0.2) is 46.0 Å². The lowest BCUT2D eigenvalue weighted by atomic mass is 9.87. The Hall–Kier alpha value is -0.900. The molecule has 1 aliphatic heterocycles. The molecule has 1 aliphatic carbocycles. The lowest BCUT2D eigenvalue weighted by Gasteiger charge is -2.28. The van der Waals surface area contributed by atoms with E-state index in [9.17, 15) is 0 Å². The summed E-state index contributed by atoms with van der Waals surface area (Å²) in [6.45, 7) is 6.52. The van der Waals surface area contributed by atoms with E-state index in [2.05, 4.69) is 27.8 Å². The van der Waals surface area contributed by atoms with Crippen LogP contribution in [0.2, 0.25) is 0 Å². The van der Waals surface area contributed by atoms with Gasteiger partial charge in [0.1, 0.15) is 12.4 Å². The number of nitrogens with one attached hydrogen (secondary N) is 2. The van der Waals surface area contributed by atoms with Crippen molar-refractivity contribution in [2.45, 2.75) is 71.1 Å². The van der Waals surface area contributed by atoms with Crippen LogP contribution in [0.4, 0.5) is 0 Å². The molecule has 0 radical (unpaired) electrons. The van der Waals surface area contributed by atoms with Crippen molar-refractivity contribution in [3.05, 3.63) is 11.6 Å². The number of rotatable bonds is 5. The summed E-state index contributed by atoms with van der Waals surface area (Å²) in [7, 11) is 1.98. The standard InChI is InChI=1S/C18H32N6O.HI/c1-13-6-8-15(9-7-13)21-18(19-11-16-5-4-10-25-16)20-12-17-23-22-14(2)24(17)3;/h13,15-16H,4-12H2,1-3H3,(H2,19,20,21);1H. The Balaban J connectivity index is 0.00000243. The number of aliphatic imine (C=N–C) groups is 1. The Morgan fingerprint density at radius 2 is 2.00 bits per heavy atom. The van der Waals surface area contributed by atoms with E-state index in [0.717, 1.165) is 49.5 Å². The molecule has 0 aromatic carbocycles. The van der Waals surface area contributed by atoms with Gasteiger partial charge in [0.05, 0.1) is 6.10 Å². The highest BCUT2D eigenvalue weighted by Crippen LogP contribution is 2.23. The Morgan fingerprint density at radius 3 is 2.62 bits per heavy atom. The van der Waals surface area contributed by atoms with Crippen molar-refractivity contribution in [2.24, 2.45) is 18.0 Å². The fourth-order valence-corrected chi connectivity index (χ4v) is 3.50. The number of hydrogen-bond acceptors (Lipinski definition) is 4. The number of guanidine groups is 1. The average Bonchev–Trinajstić information content (AvgIpc) is 3.24. The second-order valence-electron chi connectivity index (χ2n) is 7.50. The molecule has 1 aromatic rings. The number of aryl methyl sites for hydroxylation is 1. The predicted molar refractivity (Wildman–Crippen MR) is 114 cm³/mol. The highest BCUT2D eigenvalue weighted by molar-refractivity contribution is 14.0. The van der Waals surface area contributed by atoms with Gasteiger partial charge in [-0.25, -0.2) is 4.99 Å². The SMILES string of the molecule is Cc1nnc(CN=C(NCC2CCCO2)NC2CCC(C)CC2)n1C.I. The molecule has 2 heterocycles. The molecule has 1 atom stereocenters. The minimum atomic E-state index is 0. The quantitative estimate of drug-likeness (QED) is 0.388. The van der Waals surface area contributed by atoms with E-state index in [1.807, 2.05) is 18.5 Å². The monoisotopic (exact) mass is 476 g/mol. The number of nitrogens with zero attached hydrogens (tertiary/aromatic N) is 4. The summed E-state index contributed by atoms with van der Waals surface area (Å²) in [4.78, 5) is 4.76. The first-order valence-corrected chi connectivity index (χ1v) is 9.63. The zero-order chi connectivity index (χ0) is 17.6. The predicted octanol–water partition coefficient (Wildman–Crippen LogP) is 2.53. The van der Waals surface area contributed by atoms with E-state index >= 15 is 0 Å². The molecule has 1 saturated carbocycles. The van der Waals surface area contributed by atoms with Gasteiger partial charge < -0.3 is 19.9 Å². The molecule has 0 amide bonds. The summed E-state index contributed by atoms with van der Waals surface area (Å²) < 4.78 is 7.71. The van der Waals surface area contributed by atoms with E-state index in [0.29, 0.717) is 18.7 Å². The van der Waals surface area contributed by atoms with Crippen molar-refractivity contribution in [3.63, 3.8) is 0 Å². The molecule has 26 heavy (non-hydrogen) atoms. The Bertz CT molecular complexity index is 576. The van der Waals surface area contributed by atoms with Crippen LogP contribution in [0.5, 0.6) is 0 Å². The molecule has 0 bridgehead atoms. The third-order valence-corrected chi connectivity index (χ3v) is 5.44. The summed E-state index contributed by atoms with van der Waals surface area (Å²) in [6.07, 6.45) is 7.60. The van der Waals surface area contributed by atoms with Crippen LogP contribution in [0, 0.1) is 12.8 Å². The Labute approximate surface area is 173 Å². The zero-order valence-electron chi connectivity index (χ0n) is 16.2. The maximum atomic E-state index is 5.72. The first kappa shape index (κ1) is 21.4. The molecule has 2 aliphatic rings. The van der Waals surface area contributed by atoms with Crippen molar-refractivity contribution < 1.29 is 4.74 Å². The van der Waals surface area contributed by atoms with Crippen LogP contribution in [-0.2, 0) is 18.3 Å². The zero-order valence-corrected chi connectivity index (χ0v) is 18.5. The second kappa shape index (κ2) is 10.4. The summed E-state index contributed by atoms with van der Waals surface area (Å²) in [5.74, 6) is 3.51. The Kier molecular flexibility index (Phi) is 8.59. The second-order valence-corrected chi connectivity index (χ2v) is 7.50. The fraction of sp³-hybridized carbons (Fsp3) is 0.833. The molecule has 0 spiro atoms. The van der Waals surface area contributed by atoms with Crippen molar-refractivity contribution in [2.75, 3.05) is 13.2 Å². The lowest BCUT2D eigenvalue weighted by Crippen LogP contribution is -2.46. The fourth-order valence-electron chi connectivity index (χ4n) is 3.50. The molecule has 1 unspecified atom stereocenters. The van der Waals surface area contributed by atoms with Crippen LogP contribution in [0.15, 0.2) is 4.99 Å². The van der Waals surface area contributed by atoms with Gasteiger partial charge in [-0.2, -0.15) is 0 Å². The van der Waals surface area contributed by atoms with Gasteiger partial charge in [-0.05, 0) is 51.4 Å². The van der Waals surface area contributed by atoms with Gasteiger partial charge in [0.15, 0.2) is 11.8 Å². The maximum Gasteiger partial charge on any atom is 0.192 e. The van der Waals surface area contributed by atoms with Gasteiger partial charge in [-0.1, -0.05) is 6.92 Å². The van der Waals surface area contributed by atoms with Gasteiger partial charge in [0, 0.05) is 26.2 Å². The number of halogens is 1. The average molecular weight is 476 g/mol. The van der Waals surface area contributed by atoms with Gasteiger partial charge in [0.25, 0.3) is 0 Å². The van der Waals surface area contributed by atoms with Crippen LogP contribution >= 0.6 is 24.0 Å². The van der Waals surface area contributed by atoms with E-state index in [4.69, 9.17) is 9.73 Å². The molecular weight excluding hydrogens is 443 g/mol. The number of hydrogen-bond donors (Lipinski definition) is 2. The summed E-state index contributed by atoms with van der Waals surface area (Å²) >= 11 is 0. The maximum absolute atomic E-state index is 5.72. The largest absolute Gasteiger partial charge is 0.376 e. The van der Waals surface area contributed by atoms with Crippen LogP contribution < -0.4 is 10.6 Å². The van der Waals surface area contributed by atoms with E-state index in [1.165, 1.54) is 25.7 Å². The summed E-state index contributed by atoms with van der Waals surface area (Å²) in [6, 6.07) is 0.508. The first-order chi connectivity index (χ1) is 12.1. The normalized spacial score (nSPS) is 26.4. The molecule has 1 saturated heterocycles. The number of aromatic nitrogens is 3. The van der Waals surface area contributed by atoms with E-state index in [1.54, 1.807) is 0 Å². The summed E-state index contributed by atoms with van der Waals surface area (Å²) in [5.41, 5.74) is 0. The minimum Gasteiger partial charge on any atom is -0.376 e. The molecule has 2 fully saturated rings. The summed E-state index contributed by atoms with van der Waals surface area (Å²) in [5, 5.41) is 15.4. The molecule has 1 aromatic heterocycles. The number of ether oxygens (including phenoxy) is 1. The van der Waals surface area contributed by atoms with E-state index < -0.39 is 0 Å². The topological polar surface area (TPSA) is 76.4 Å². The third-order valence-electron chi connectivity index (χ3n) is 5.44. The molecule has 2 N–H and O–H groups in total. The molecule has 7 nitrogen and oxygen atoms in total. The smallest absolute Gasteiger partial charge is 0.192 e. The van der Waals surface area contributed by atoms with Crippen molar-refractivity contribution in [1.29, 1.82) is 0 Å². The molecule has 8 heteroatoms. The van der Waals surface area contributed by atoms with Crippen molar-refractivity contribution in [1.82, 2.24) is 25.4 Å². The minimum absolute atomic E-state index is 0. The van der Waals surface area contributed by atoms with Crippen LogP contribution in [0.1, 0.15) is 57.1 Å². The van der Waals surface area contributed by atoms with Gasteiger partial charge in [0.2, 0.25) is 0 Å². The molecule has 3 rings (SSSR count). The van der Waals surface area contributed by atoms with Gasteiger partial charge in [-0.3, -0.25) is 0 Å². The van der Waals surface area contributed by atoms with Crippen molar-refractivity contribution in [3.8, 4) is 0 Å². The molecular formula is C18H33IN6O. The first-order valence-electron chi connectivity index (χ1n) is 9.63. The Morgan fingerprint density at radius 1 is 1.23 bits per heavy atom. The van der Waals surface area contributed by atoms with E-state index in [-0.39, 0.29) is 24.0 Å². The molecule has 148 valence electrons. The highest BCUT2D eigenvalue weighted by atomic mass is 127. The lowest BCUT2D eigenvalue weighted by molar-refractivity contribution is 0.113. The highest BCUT2D eigenvalue weighted by Gasteiger charge is 2.20. The van der Waals surface area contributed by atoms with Crippen LogP contribution in [0.25, 0.3) is 0 Å². The van der Waals surface area contributed by atoms with Gasteiger partial charge >= 0.3 is 0 Å². The third kappa shape index (κ3) is 6.07. The van der Waals surface area contributed by atoms with Gasteiger partial charge in [-0.15, -0.1) is 34.2 Å². The van der Waals surface area contributed by atoms with Crippen molar-refractivity contribution >= 4 is 29.9 Å². The van der Waals surface area contributed by atoms with Crippen LogP contribution in [0.3, 0.4) is 0 Å².